The molecule has 0 saturated heterocycles. The Kier molecular flexibility index (Phi) is 6.29. The number of aromatic nitrogens is 1. The molecule has 2 N–H and O–H groups in total. The van der Waals surface area contributed by atoms with Gasteiger partial charge in [0.2, 0.25) is 0 Å². The summed E-state index contributed by atoms with van der Waals surface area (Å²) in [6.45, 7) is 5.13. The summed E-state index contributed by atoms with van der Waals surface area (Å²) >= 11 is 0. The first-order chi connectivity index (χ1) is 11.1. The molecule has 1 aromatic carbocycles. The van der Waals surface area contributed by atoms with Crippen molar-refractivity contribution in [3.05, 3.63) is 65.5 Å². The lowest BCUT2D eigenvalue weighted by molar-refractivity contribution is 0.0963. The molecule has 4 nitrogen and oxygen atoms in total. The van der Waals surface area contributed by atoms with Gasteiger partial charge >= 0.3 is 0 Å². The number of nitrogens with zero attached hydrogens (tertiary/aromatic N) is 1. The minimum Gasteiger partial charge on any atom is -0.355 e. The highest BCUT2D eigenvalue weighted by Crippen LogP contribution is 2.20. The fraction of sp³-hybridized carbons (Fsp3) is 0.368. The second kappa shape index (κ2) is 8.44. The lowest BCUT2D eigenvalue weighted by Gasteiger charge is -2.20. The standard InChI is InChI=1S/C19H25N3O/c1-14(2)11-18(17-9-4-5-10-21-17)22-13-15-7-6-8-16(12-15)19(23)20-3/h4-10,12,14,18,22H,11,13H2,1-3H3,(H,20,23)/t18-/m1/s1. The van der Waals surface area contributed by atoms with E-state index >= 15 is 0 Å². The zero-order valence-corrected chi connectivity index (χ0v) is 14.0. The van der Waals surface area contributed by atoms with Gasteiger partial charge in [0.05, 0.1) is 5.69 Å². The van der Waals surface area contributed by atoms with Crippen molar-refractivity contribution in [2.75, 3.05) is 7.05 Å². The van der Waals surface area contributed by atoms with Gasteiger partial charge in [-0.05, 0) is 42.2 Å². The van der Waals surface area contributed by atoms with E-state index in [0.717, 1.165) is 17.7 Å². The average molecular weight is 311 g/mol. The Bertz CT molecular complexity index is 626. The summed E-state index contributed by atoms with van der Waals surface area (Å²) in [5, 5.41) is 6.23. The Hall–Kier alpha value is -2.20. The molecule has 0 saturated carbocycles. The molecular formula is C19H25N3O. The summed E-state index contributed by atoms with van der Waals surface area (Å²) in [5.41, 5.74) is 2.84. The summed E-state index contributed by atoms with van der Waals surface area (Å²) in [6.07, 6.45) is 2.85. The zero-order chi connectivity index (χ0) is 16.7. The number of nitrogens with one attached hydrogen (secondary N) is 2. The molecule has 0 fully saturated rings. The highest BCUT2D eigenvalue weighted by atomic mass is 16.1. The fourth-order valence-electron chi connectivity index (χ4n) is 2.57. The Balaban J connectivity index is 2.08. The van der Waals surface area contributed by atoms with E-state index in [1.165, 1.54) is 0 Å². The first-order valence-electron chi connectivity index (χ1n) is 8.05. The summed E-state index contributed by atoms with van der Waals surface area (Å²) in [5.74, 6) is 0.516. The van der Waals surface area contributed by atoms with Gasteiger partial charge in [0.25, 0.3) is 5.91 Å². The first kappa shape index (κ1) is 17.2. The van der Waals surface area contributed by atoms with E-state index < -0.39 is 0 Å². The highest BCUT2D eigenvalue weighted by Gasteiger charge is 2.14. The van der Waals surface area contributed by atoms with Gasteiger partial charge in [0, 0.05) is 31.4 Å². The minimum absolute atomic E-state index is 0.0599. The van der Waals surface area contributed by atoms with Crippen LogP contribution in [0.3, 0.4) is 0 Å². The van der Waals surface area contributed by atoms with Gasteiger partial charge in [-0.15, -0.1) is 0 Å². The Morgan fingerprint density at radius 3 is 2.65 bits per heavy atom. The summed E-state index contributed by atoms with van der Waals surface area (Å²) in [7, 11) is 1.65. The van der Waals surface area contributed by atoms with E-state index in [4.69, 9.17) is 0 Å². The van der Waals surface area contributed by atoms with Crippen LogP contribution in [0, 0.1) is 5.92 Å². The van der Waals surface area contributed by atoms with E-state index in [1.54, 1.807) is 7.05 Å². The fourth-order valence-corrected chi connectivity index (χ4v) is 2.57. The molecule has 1 atom stereocenters. The summed E-state index contributed by atoms with van der Waals surface area (Å²) in [4.78, 5) is 16.2. The number of amides is 1. The number of pyridine rings is 1. The topological polar surface area (TPSA) is 54.0 Å². The van der Waals surface area contributed by atoms with Crippen LogP contribution in [-0.4, -0.2) is 17.9 Å². The van der Waals surface area contributed by atoms with Crippen molar-refractivity contribution in [1.82, 2.24) is 15.6 Å². The molecule has 1 amide bonds. The van der Waals surface area contributed by atoms with E-state index in [-0.39, 0.29) is 11.9 Å². The van der Waals surface area contributed by atoms with Crippen LogP contribution in [-0.2, 0) is 6.54 Å². The van der Waals surface area contributed by atoms with Crippen molar-refractivity contribution in [3.8, 4) is 0 Å². The number of hydrogen-bond acceptors (Lipinski definition) is 3. The third-order valence-corrected chi connectivity index (χ3v) is 3.72. The molecule has 1 aromatic heterocycles. The monoisotopic (exact) mass is 311 g/mol. The molecular weight excluding hydrogens is 286 g/mol. The maximum atomic E-state index is 11.7. The van der Waals surface area contributed by atoms with Crippen molar-refractivity contribution >= 4 is 5.91 Å². The number of benzene rings is 1. The van der Waals surface area contributed by atoms with Crippen molar-refractivity contribution in [1.29, 1.82) is 0 Å². The van der Waals surface area contributed by atoms with Crippen LogP contribution in [0.2, 0.25) is 0 Å². The van der Waals surface area contributed by atoms with E-state index in [0.29, 0.717) is 18.0 Å². The van der Waals surface area contributed by atoms with Crippen LogP contribution in [0.4, 0.5) is 0 Å². The minimum atomic E-state index is -0.0599. The van der Waals surface area contributed by atoms with Gasteiger partial charge < -0.3 is 10.6 Å². The Morgan fingerprint density at radius 2 is 2.00 bits per heavy atom. The quantitative estimate of drug-likeness (QED) is 0.825. The van der Waals surface area contributed by atoms with Crippen LogP contribution >= 0.6 is 0 Å². The van der Waals surface area contributed by atoms with Gasteiger partial charge in [-0.3, -0.25) is 9.78 Å². The van der Waals surface area contributed by atoms with Gasteiger partial charge in [-0.1, -0.05) is 32.0 Å². The van der Waals surface area contributed by atoms with E-state index in [2.05, 4.69) is 35.5 Å². The molecule has 122 valence electrons. The highest BCUT2D eigenvalue weighted by molar-refractivity contribution is 5.94. The molecule has 23 heavy (non-hydrogen) atoms. The lowest BCUT2D eigenvalue weighted by atomic mass is 10.00. The third kappa shape index (κ3) is 5.18. The van der Waals surface area contributed by atoms with Crippen molar-refractivity contribution in [2.24, 2.45) is 5.92 Å². The normalized spacial score (nSPS) is 12.2. The van der Waals surface area contributed by atoms with Gasteiger partial charge in [-0.25, -0.2) is 0 Å². The molecule has 0 bridgehead atoms. The van der Waals surface area contributed by atoms with Crippen LogP contribution in [0.15, 0.2) is 48.7 Å². The maximum absolute atomic E-state index is 11.7. The molecule has 0 spiro atoms. The van der Waals surface area contributed by atoms with Gasteiger partial charge in [0.1, 0.15) is 0 Å². The molecule has 0 aliphatic heterocycles. The lowest BCUT2D eigenvalue weighted by Crippen LogP contribution is -2.24. The Morgan fingerprint density at radius 1 is 1.17 bits per heavy atom. The maximum Gasteiger partial charge on any atom is 0.251 e. The van der Waals surface area contributed by atoms with Crippen LogP contribution in [0.25, 0.3) is 0 Å². The summed E-state index contributed by atoms with van der Waals surface area (Å²) < 4.78 is 0. The van der Waals surface area contributed by atoms with Crippen LogP contribution in [0.1, 0.15) is 47.9 Å². The molecule has 2 rings (SSSR count). The average Bonchev–Trinajstić information content (AvgIpc) is 2.58. The van der Waals surface area contributed by atoms with Crippen molar-refractivity contribution in [2.45, 2.75) is 32.9 Å². The van der Waals surface area contributed by atoms with Gasteiger partial charge in [0.15, 0.2) is 0 Å². The molecule has 0 radical (unpaired) electrons. The predicted octanol–water partition coefficient (Wildman–Crippen LogP) is 3.32. The second-order valence-corrected chi connectivity index (χ2v) is 6.10. The largest absolute Gasteiger partial charge is 0.355 e. The molecule has 0 aliphatic rings. The van der Waals surface area contributed by atoms with Crippen LogP contribution in [0.5, 0.6) is 0 Å². The predicted molar refractivity (Wildman–Crippen MR) is 93.1 cm³/mol. The third-order valence-electron chi connectivity index (χ3n) is 3.72. The van der Waals surface area contributed by atoms with Gasteiger partial charge in [-0.2, -0.15) is 0 Å². The van der Waals surface area contributed by atoms with Crippen molar-refractivity contribution < 1.29 is 4.79 Å². The SMILES string of the molecule is CNC(=O)c1cccc(CN[C@H](CC(C)C)c2ccccn2)c1. The van der Waals surface area contributed by atoms with Crippen molar-refractivity contribution in [3.63, 3.8) is 0 Å². The Labute approximate surface area is 138 Å². The molecule has 0 aliphatic carbocycles. The summed E-state index contributed by atoms with van der Waals surface area (Å²) in [6, 6.07) is 13.9. The molecule has 1 heterocycles. The number of hydrogen-bond donors (Lipinski definition) is 2. The number of carbonyl (C=O) groups is 1. The second-order valence-electron chi connectivity index (χ2n) is 6.10. The van der Waals surface area contributed by atoms with E-state index in [9.17, 15) is 4.79 Å². The number of rotatable bonds is 7. The first-order valence-corrected chi connectivity index (χ1v) is 8.05. The smallest absolute Gasteiger partial charge is 0.251 e. The molecule has 2 aromatic rings. The van der Waals surface area contributed by atoms with E-state index in [1.807, 2.05) is 42.6 Å². The molecule has 4 heteroatoms. The zero-order valence-electron chi connectivity index (χ0n) is 14.0. The number of carbonyl (C=O) groups excluding carboxylic acids is 1. The molecule has 0 unspecified atom stereocenters. The van der Waals surface area contributed by atoms with Crippen LogP contribution < -0.4 is 10.6 Å².